The second kappa shape index (κ2) is 6.37. The molecule has 0 saturated carbocycles. The topological polar surface area (TPSA) is 64.8 Å². The van der Waals surface area contributed by atoms with Crippen molar-refractivity contribution >= 4 is 6.09 Å². The number of carbonyl (C=O) groups excluding carboxylic acids is 1. The van der Waals surface area contributed by atoms with Crippen LogP contribution >= 0.6 is 0 Å². The molecule has 0 bridgehead atoms. The first-order chi connectivity index (χ1) is 11.3. The number of fused-ring (bicyclic) bond motifs is 2. The summed E-state index contributed by atoms with van der Waals surface area (Å²) in [5.74, 6) is 0. The highest BCUT2D eigenvalue weighted by molar-refractivity contribution is 5.68. The first-order valence-corrected chi connectivity index (χ1v) is 8.77. The summed E-state index contributed by atoms with van der Waals surface area (Å²) in [5, 5.41) is 0. The molecule has 0 radical (unpaired) electrons. The van der Waals surface area contributed by atoms with Gasteiger partial charge in [-0.25, -0.2) is 4.79 Å². The summed E-state index contributed by atoms with van der Waals surface area (Å²) < 4.78 is 11.9. The first kappa shape index (κ1) is 17.2. The van der Waals surface area contributed by atoms with E-state index in [1.165, 1.54) is 11.1 Å². The molecule has 3 rings (SSSR count). The summed E-state index contributed by atoms with van der Waals surface area (Å²) in [4.78, 5) is 14.1. The molecule has 2 aliphatic rings. The van der Waals surface area contributed by atoms with Gasteiger partial charge in [0.15, 0.2) is 0 Å². The molecule has 1 atom stereocenters. The number of carbonyl (C=O) groups is 1. The molecule has 132 valence electrons. The normalized spacial score (nSPS) is 23.0. The van der Waals surface area contributed by atoms with Gasteiger partial charge in [0, 0.05) is 26.1 Å². The molecule has 2 heterocycles. The van der Waals surface area contributed by atoms with Crippen LogP contribution in [-0.2, 0) is 21.5 Å². The van der Waals surface area contributed by atoms with E-state index >= 15 is 0 Å². The highest BCUT2D eigenvalue weighted by Crippen LogP contribution is 2.43. The molecule has 1 amide bonds. The third-order valence-electron chi connectivity index (χ3n) is 4.83. The van der Waals surface area contributed by atoms with Gasteiger partial charge in [-0.2, -0.15) is 0 Å². The number of hydrogen-bond acceptors (Lipinski definition) is 4. The SMILES string of the molecule is CC(C)(C)OC(=O)N1CCC2(CC1)OC(CN)Cc1ccccc12. The maximum atomic E-state index is 12.3. The Morgan fingerprint density at radius 1 is 1.33 bits per heavy atom. The monoisotopic (exact) mass is 332 g/mol. The van der Waals surface area contributed by atoms with Crippen LogP contribution in [0.3, 0.4) is 0 Å². The standard InChI is InChI=1S/C19H28N2O3/c1-18(2,3)24-17(22)21-10-8-19(9-11-21)16-7-5-4-6-14(16)12-15(13-20)23-19/h4-7,15H,8-13,20H2,1-3H3. The van der Waals surface area contributed by atoms with Gasteiger partial charge in [-0.05, 0) is 44.7 Å². The van der Waals surface area contributed by atoms with Gasteiger partial charge in [0.05, 0.1) is 11.7 Å². The lowest BCUT2D eigenvalue weighted by atomic mass is 9.78. The van der Waals surface area contributed by atoms with Gasteiger partial charge in [-0.3, -0.25) is 0 Å². The predicted octanol–water partition coefficient (Wildman–Crippen LogP) is 2.81. The fraction of sp³-hybridized carbons (Fsp3) is 0.632. The Kier molecular flexibility index (Phi) is 4.58. The smallest absolute Gasteiger partial charge is 0.410 e. The highest BCUT2D eigenvalue weighted by Gasteiger charge is 2.44. The van der Waals surface area contributed by atoms with E-state index in [-0.39, 0.29) is 17.8 Å². The van der Waals surface area contributed by atoms with Crippen molar-refractivity contribution in [3.05, 3.63) is 35.4 Å². The third-order valence-corrected chi connectivity index (χ3v) is 4.83. The number of rotatable bonds is 1. The van der Waals surface area contributed by atoms with E-state index in [1.54, 1.807) is 4.90 Å². The molecule has 0 aliphatic carbocycles. The van der Waals surface area contributed by atoms with Crippen molar-refractivity contribution in [3.8, 4) is 0 Å². The Morgan fingerprint density at radius 2 is 2.00 bits per heavy atom. The number of nitrogens with two attached hydrogens (primary N) is 1. The minimum absolute atomic E-state index is 0.0491. The molecular formula is C19H28N2O3. The van der Waals surface area contributed by atoms with Crippen LogP contribution in [-0.4, -0.2) is 42.3 Å². The van der Waals surface area contributed by atoms with Crippen molar-refractivity contribution in [1.82, 2.24) is 4.90 Å². The van der Waals surface area contributed by atoms with Gasteiger partial charge in [0.25, 0.3) is 0 Å². The molecule has 5 heteroatoms. The van der Waals surface area contributed by atoms with Crippen LogP contribution in [0.5, 0.6) is 0 Å². The molecule has 5 nitrogen and oxygen atoms in total. The average molecular weight is 332 g/mol. The zero-order valence-electron chi connectivity index (χ0n) is 14.9. The van der Waals surface area contributed by atoms with Crippen molar-refractivity contribution in [1.29, 1.82) is 0 Å². The summed E-state index contributed by atoms with van der Waals surface area (Å²) in [6.07, 6.45) is 2.23. The summed E-state index contributed by atoms with van der Waals surface area (Å²) in [6, 6.07) is 8.46. The van der Waals surface area contributed by atoms with Crippen molar-refractivity contribution in [2.24, 2.45) is 5.73 Å². The quantitative estimate of drug-likeness (QED) is 0.859. The van der Waals surface area contributed by atoms with E-state index in [9.17, 15) is 4.79 Å². The molecule has 24 heavy (non-hydrogen) atoms. The maximum absolute atomic E-state index is 12.3. The third kappa shape index (κ3) is 3.42. The number of nitrogens with zero attached hydrogens (tertiary/aromatic N) is 1. The summed E-state index contributed by atoms with van der Waals surface area (Å²) in [6.45, 7) is 7.47. The van der Waals surface area contributed by atoms with Crippen molar-refractivity contribution in [2.75, 3.05) is 19.6 Å². The molecule has 1 unspecified atom stereocenters. The average Bonchev–Trinajstić information content (AvgIpc) is 2.54. The Morgan fingerprint density at radius 3 is 2.62 bits per heavy atom. The van der Waals surface area contributed by atoms with Crippen LogP contribution in [0.2, 0.25) is 0 Å². The zero-order chi connectivity index (χ0) is 17.4. The van der Waals surface area contributed by atoms with Gasteiger partial charge in [0.1, 0.15) is 5.60 Å². The van der Waals surface area contributed by atoms with E-state index in [2.05, 4.69) is 24.3 Å². The van der Waals surface area contributed by atoms with Crippen LogP contribution in [0, 0.1) is 0 Å². The maximum Gasteiger partial charge on any atom is 0.410 e. The minimum Gasteiger partial charge on any atom is -0.444 e. The van der Waals surface area contributed by atoms with Gasteiger partial charge in [-0.15, -0.1) is 0 Å². The second-order valence-corrected chi connectivity index (χ2v) is 7.80. The molecule has 1 saturated heterocycles. The van der Waals surface area contributed by atoms with E-state index in [1.807, 2.05) is 20.8 Å². The lowest BCUT2D eigenvalue weighted by Crippen LogP contribution is -2.52. The number of likely N-dealkylation sites (tertiary alicyclic amines) is 1. The Hall–Kier alpha value is -1.59. The Bertz CT molecular complexity index is 601. The van der Waals surface area contributed by atoms with Crippen LogP contribution in [0.4, 0.5) is 4.79 Å². The highest BCUT2D eigenvalue weighted by atomic mass is 16.6. The molecule has 2 N–H and O–H groups in total. The van der Waals surface area contributed by atoms with Crippen LogP contribution in [0.25, 0.3) is 0 Å². The van der Waals surface area contributed by atoms with Gasteiger partial charge in [-0.1, -0.05) is 24.3 Å². The number of amides is 1. The van der Waals surface area contributed by atoms with E-state index in [0.717, 1.165) is 19.3 Å². The summed E-state index contributed by atoms with van der Waals surface area (Å²) >= 11 is 0. The van der Waals surface area contributed by atoms with E-state index in [4.69, 9.17) is 15.2 Å². The van der Waals surface area contributed by atoms with Gasteiger partial charge >= 0.3 is 6.09 Å². The number of ether oxygens (including phenoxy) is 2. The minimum atomic E-state index is -0.467. The lowest BCUT2D eigenvalue weighted by Gasteiger charge is -2.47. The molecule has 1 aromatic rings. The molecule has 1 aromatic carbocycles. The Balaban J connectivity index is 1.76. The number of piperidine rings is 1. The molecule has 1 spiro atoms. The molecular weight excluding hydrogens is 304 g/mol. The van der Waals surface area contributed by atoms with Gasteiger partial charge in [0.2, 0.25) is 0 Å². The largest absolute Gasteiger partial charge is 0.444 e. The van der Waals surface area contributed by atoms with E-state index in [0.29, 0.717) is 19.6 Å². The first-order valence-electron chi connectivity index (χ1n) is 8.77. The fourth-order valence-electron chi connectivity index (χ4n) is 3.71. The zero-order valence-corrected chi connectivity index (χ0v) is 14.9. The van der Waals surface area contributed by atoms with Crippen LogP contribution in [0.15, 0.2) is 24.3 Å². The summed E-state index contributed by atoms with van der Waals surface area (Å²) in [7, 11) is 0. The molecule has 0 aromatic heterocycles. The predicted molar refractivity (Wildman–Crippen MR) is 92.8 cm³/mol. The van der Waals surface area contributed by atoms with Crippen LogP contribution < -0.4 is 5.73 Å². The van der Waals surface area contributed by atoms with Crippen molar-refractivity contribution < 1.29 is 14.3 Å². The molecule has 1 fully saturated rings. The second-order valence-electron chi connectivity index (χ2n) is 7.80. The fourth-order valence-corrected chi connectivity index (χ4v) is 3.71. The lowest BCUT2D eigenvalue weighted by molar-refractivity contribution is -0.135. The molecule has 2 aliphatic heterocycles. The number of hydrogen-bond donors (Lipinski definition) is 1. The van der Waals surface area contributed by atoms with E-state index < -0.39 is 5.60 Å². The summed E-state index contributed by atoms with van der Waals surface area (Å²) in [5.41, 5.74) is 7.68. The van der Waals surface area contributed by atoms with Crippen molar-refractivity contribution in [3.63, 3.8) is 0 Å². The van der Waals surface area contributed by atoms with Crippen molar-refractivity contribution in [2.45, 2.75) is 57.3 Å². The van der Waals surface area contributed by atoms with Gasteiger partial charge < -0.3 is 20.1 Å². The number of benzene rings is 1. The Labute approximate surface area is 144 Å². The van der Waals surface area contributed by atoms with Crippen LogP contribution in [0.1, 0.15) is 44.7 Å².